The van der Waals surface area contributed by atoms with Crippen LogP contribution in [-0.4, -0.2) is 48.2 Å². The standard InChI is InChI=1S/C20H35NO4/c1-6-7-15(2)12-16(3)14-20(4,5)17(19(23)24)13-18(22)21-8-10-25-11-9-21/h14-15,17H,6-13H2,1-5H3,(H,23,24). The van der Waals surface area contributed by atoms with Crippen LogP contribution in [-0.2, 0) is 14.3 Å². The summed E-state index contributed by atoms with van der Waals surface area (Å²) in [4.78, 5) is 26.1. The van der Waals surface area contributed by atoms with Gasteiger partial charge in [-0.1, -0.05) is 52.2 Å². The van der Waals surface area contributed by atoms with E-state index in [0.29, 0.717) is 32.2 Å². The van der Waals surface area contributed by atoms with E-state index in [1.54, 1.807) is 4.90 Å². The highest BCUT2D eigenvalue weighted by Gasteiger charge is 2.36. The van der Waals surface area contributed by atoms with Gasteiger partial charge in [-0.2, -0.15) is 0 Å². The van der Waals surface area contributed by atoms with Gasteiger partial charge < -0.3 is 14.7 Å². The first-order valence-corrected chi connectivity index (χ1v) is 9.44. The second-order valence-electron chi connectivity index (χ2n) is 8.00. The lowest BCUT2D eigenvalue weighted by Gasteiger charge is -2.32. The van der Waals surface area contributed by atoms with Crippen molar-refractivity contribution in [1.29, 1.82) is 0 Å². The topological polar surface area (TPSA) is 66.8 Å². The van der Waals surface area contributed by atoms with Crippen molar-refractivity contribution in [2.24, 2.45) is 17.3 Å². The van der Waals surface area contributed by atoms with Gasteiger partial charge in [-0.15, -0.1) is 0 Å². The van der Waals surface area contributed by atoms with Crippen molar-refractivity contribution >= 4 is 11.9 Å². The molecule has 1 amide bonds. The maximum Gasteiger partial charge on any atom is 0.307 e. The smallest absolute Gasteiger partial charge is 0.307 e. The van der Waals surface area contributed by atoms with Gasteiger partial charge in [-0.05, 0) is 24.7 Å². The third-order valence-electron chi connectivity index (χ3n) is 5.01. The molecule has 0 aromatic rings. The van der Waals surface area contributed by atoms with E-state index >= 15 is 0 Å². The number of carbonyl (C=O) groups is 2. The van der Waals surface area contributed by atoms with E-state index in [9.17, 15) is 14.7 Å². The van der Waals surface area contributed by atoms with Crippen LogP contribution in [0.1, 0.15) is 60.3 Å². The van der Waals surface area contributed by atoms with E-state index in [-0.39, 0.29) is 12.3 Å². The number of amides is 1. The van der Waals surface area contributed by atoms with E-state index in [2.05, 4.69) is 26.8 Å². The van der Waals surface area contributed by atoms with Crippen molar-refractivity contribution in [2.45, 2.75) is 60.3 Å². The van der Waals surface area contributed by atoms with E-state index in [1.807, 2.05) is 13.8 Å². The van der Waals surface area contributed by atoms with Crippen LogP contribution in [0.25, 0.3) is 0 Å². The zero-order chi connectivity index (χ0) is 19.0. The summed E-state index contributed by atoms with van der Waals surface area (Å²) in [5.74, 6) is -1.12. The van der Waals surface area contributed by atoms with Gasteiger partial charge in [0.2, 0.25) is 5.91 Å². The minimum Gasteiger partial charge on any atom is -0.481 e. The summed E-state index contributed by atoms with van der Waals surface area (Å²) in [5, 5.41) is 9.71. The van der Waals surface area contributed by atoms with Gasteiger partial charge in [0.15, 0.2) is 0 Å². The molecule has 1 fully saturated rings. The number of morpholine rings is 1. The molecule has 5 nitrogen and oxygen atoms in total. The first-order chi connectivity index (χ1) is 11.7. The Morgan fingerprint density at radius 2 is 1.84 bits per heavy atom. The number of allylic oxidation sites excluding steroid dienone is 2. The lowest BCUT2D eigenvalue weighted by Crippen LogP contribution is -2.43. The molecular weight excluding hydrogens is 318 g/mol. The third-order valence-corrected chi connectivity index (χ3v) is 5.01. The van der Waals surface area contributed by atoms with Crippen LogP contribution in [0.2, 0.25) is 0 Å². The first-order valence-electron chi connectivity index (χ1n) is 9.44. The molecule has 0 aromatic carbocycles. The molecule has 0 aliphatic carbocycles. The highest BCUT2D eigenvalue weighted by atomic mass is 16.5. The van der Waals surface area contributed by atoms with Crippen molar-refractivity contribution in [3.63, 3.8) is 0 Å². The molecule has 25 heavy (non-hydrogen) atoms. The Morgan fingerprint density at radius 1 is 1.24 bits per heavy atom. The third kappa shape index (κ3) is 7.18. The number of carboxylic acid groups (broad SMARTS) is 1. The number of ether oxygens (including phenoxy) is 1. The quantitative estimate of drug-likeness (QED) is 0.641. The van der Waals surface area contributed by atoms with E-state index in [4.69, 9.17) is 4.74 Å². The first kappa shape index (κ1) is 21.7. The molecule has 2 atom stereocenters. The predicted molar refractivity (Wildman–Crippen MR) is 99.4 cm³/mol. The fourth-order valence-corrected chi connectivity index (χ4v) is 3.72. The Bertz CT molecular complexity index is 478. The number of carbonyl (C=O) groups excluding carboxylic acids is 1. The summed E-state index contributed by atoms with van der Waals surface area (Å²) in [6, 6.07) is 0. The Morgan fingerprint density at radius 3 is 2.36 bits per heavy atom. The van der Waals surface area contributed by atoms with Gasteiger partial charge in [0.25, 0.3) is 0 Å². The van der Waals surface area contributed by atoms with Crippen molar-refractivity contribution in [3.05, 3.63) is 11.6 Å². The van der Waals surface area contributed by atoms with E-state index in [1.165, 1.54) is 12.0 Å². The molecule has 0 bridgehead atoms. The van der Waals surface area contributed by atoms with Gasteiger partial charge in [-0.25, -0.2) is 0 Å². The normalized spacial score (nSPS) is 18.8. The number of carboxylic acids is 1. The van der Waals surface area contributed by atoms with Crippen LogP contribution >= 0.6 is 0 Å². The van der Waals surface area contributed by atoms with Gasteiger partial charge in [0.1, 0.15) is 0 Å². The molecule has 0 aromatic heterocycles. The molecule has 1 aliphatic heterocycles. The molecule has 1 saturated heterocycles. The van der Waals surface area contributed by atoms with Gasteiger partial charge in [-0.3, -0.25) is 9.59 Å². The number of nitrogens with zero attached hydrogens (tertiary/aromatic N) is 1. The average molecular weight is 354 g/mol. The minimum absolute atomic E-state index is 0.0383. The van der Waals surface area contributed by atoms with Crippen molar-refractivity contribution in [3.8, 4) is 0 Å². The number of rotatable bonds is 9. The van der Waals surface area contributed by atoms with Crippen LogP contribution < -0.4 is 0 Å². The van der Waals surface area contributed by atoms with E-state index in [0.717, 1.165) is 12.8 Å². The summed E-state index contributed by atoms with van der Waals surface area (Å²) in [5.41, 5.74) is 0.639. The summed E-state index contributed by atoms with van der Waals surface area (Å²) in [7, 11) is 0. The maximum atomic E-state index is 12.5. The lowest BCUT2D eigenvalue weighted by atomic mass is 9.75. The van der Waals surface area contributed by atoms with Crippen molar-refractivity contribution in [2.75, 3.05) is 26.3 Å². The minimum atomic E-state index is -0.905. The number of hydrogen-bond acceptors (Lipinski definition) is 3. The van der Waals surface area contributed by atoms with Crippen LogP contribution in [0.15, 0.2) is 11.6 Å². The van der Waals surface area contributed by atoms with Crippen LogP contribution in [0.3, 0.4) is 0 Å². The molecule has 0 saturated carbocycles. The Kier molecular flexibility index (Phi) is 8.63. The molecular formula is C20H35NO4. The molecule has 1 N–H and O–H groups in total. The van der Waals surface area contributed by atoms with Crippen molar-refractivity contribution < 1.29 is 19.4 Å². The van der Waals surface area contributed by atoms with Gasteiger partial charge in [0.05, 0.1) is 19.1 Å². The zero-order valence-electron chi connectivity index (χ0n) is 16.5. The predicted octanol–water partition coefficient (Wildman–Crippen LogP) is 3.73. The molecule has 144 valence electrons. The van der Waals surface area contributed by atoms with Crippen LogP contribution in [0.5, 0.6) is 0 Å². The van der Waals surface area contributed by atoms with Crippen LogP contribution in [0, 0.1) is 17.3 Å². The molecule has 0 spiro atoms. The SMILES string of the molecule is CCCC(C)CC(C)=CC(C)(C)C(CC(=O)N1CCOCC1)C(=O)O. The van der Waals surface area contributed by atoms with Gasteiger partial charge >= 0.3 is 5.97 Å². The number of hydrogen-bond donors (Lipinski definition) is 1. The second-order valence-corrected chi connectivity index (χ2v) is 8.00. The van der Waals surface area contributed by atoms with Crippen LogP contribution in [0.4, 0.5) is 0 Å². The monoisotopic (exact) mass is 353 g/mol. The summed E-state index contributed by atoms with van der Waals surface area (Å²) in [6.45, 7) is 12.5. The lowest BCUT2D eigenvalue weighted by molar-refractivity contribution is -0.150. The van der Waals surface area contributed by atoms with Crippen molar-refractivity contribution in [1.82, 2.24) is 4.90 Å². The molecule has 1 aliphatic rings. The fraction of sp³-hybridized carbons (Fsp3) is 0.800. The highest BCUT2D eigenvalue weighted by Crippen LogP contribution is 2.34. The second kappa shape index (κ2) is 9.95. The average Bonchev–Trinajstić information content (AvgIpc) is 2.52. The summed E-state index contributed by atoms with van der Waals surface area (Å²) < 4.78 is 5.26. The summed E-state index contributed by atoms with van der Waals surface area (Å²) in [6.07, 6.45) is 5.40. The Hall–Kier alpha value is -1.36. The van der Waals surface area contributed by atoms with E-state index < -0.39 is 17.3 Å². The molecule has 1 rings (SSSR count). The maximum absolute atomic E-state index is 12.5. The molecule has 2 unspecified atom stereocenters. The number of aliphatic carboxylic acids is 1. The molecule has 5 heteroatoms. The van der Waals surface area contributed by atoms with Gasteiger partial charge in [0, 0.05) is 19.5 Å². The Labute approximate surface area is 152 Å². The zero-order valence-corrected chi connectivity index (χ0v) is 16.5. The molecule has 0 radical (unpaired) electrons. The fourth-order valence-electron chi connectivity index (χ4n) is 3.72. The highest BCUT2D eigenvalue weighted by molar-refractivity contribution is 5.83. The molecule has 1 heterocycles. The largest absolute Gasteiger partial charge is 0.481 e. The Balaban J connectivity index is 2.80. The summed E-state index contributed by atoms with van der Waals surface area (Å²) >= 11 is 0.